The smallest absolute Gasteiger partial charge is 0.416 e. The molecule has 4 aromatic carbocycles. The molecule has 0 radical (unpaired) electrons. The van der Waals surface area contributed by atoms with Crippen LogP contribution in [0.3, 0.4) is 0 Å². The number of anilines is 2. The van der Waals surface area contributed by atoms with Crippen LogP contribution in [0, 0.1) is 0 Å². The first-order chi connectivity index (χ1) is 17.0. The summed E-state index contributed by atoms with van der Waals surface area (Å²) in [4.78, 5) is 0. The molecule has 0 aromatic heterocycles. The number of nitrogens with two attached hydrogens (primary N) is 1. The summed E-state index contributed by atoms with van der Waals surface area (Å²) in [7, 11) is 0. The van der Waals surface area contributed by atoms with Crippen LogP contribution in [0.15, 0.2) is 97.1 Å². The first-order valence-corrected chi connectivity index (χ1v) is 10.4. The molecule has 0 fully saturated rings. The fraction of sp³-hybridized carbons (Fsp3) is 0.0769. The van der Waals surface area contributed by atoms with Crippen molar-refractivity contribution in [3.8, 4) is 23.0 Å². The van der Waals surface area contributed by atoms with E-state index in [0.717, 1.165) is 24.3 Å². The van der Waals surface area contributed by atoms with Crippen LogP contribution in [0.1, 0.15) is 11.1 Å². The molecule has 2 N–H and O–H groups in total. The number of halogens is 6. The Hall–Kier alpha value is -4.18. The van der Waals surface area contributed by atoms with E-state index in [1.54, 1.807) is 48.5 Å². The molecule has 0 aliphatic heterocycles. The van der Waals surface area contributed by atoms with Gasteiger partial charge in [0.15, 0.2) is 0 Å². The first kappa shape index (κ1) is 24.9. The predicted octanol–water partition coefficient (Wildman–Crippen LogP) is 8.32. The number of rotatable bonds is 6. The van der Waals surface area contributed by atoms with Crippen LogP contribution in [0.2, 0.25) is 0 Å². The summed E-state index contributed by atoms with van der Waals surface area (Å²) in [5.41, 5.74) is -0.553. The van der Waals surface area contributed by atoms with Gasteiger partial charge in [0.05, 0.1) is 22.5 Å². The lowest BCUT2D eigenvalue weighted by Gasteiger charge is -2.20. The van der Waals surface area contributed by atoms with Crippen LogP contribution in [0.4, 0.5) is 37.7 Å². The van der Waals surface area contributed by atoms with Crippen molar-refractivity contribution in [2.75, 3.05) is 5.01 Å². The van der Waals surface area contributed by atoms with Gasteiger partial charge in [-0.1, -0.05) is 12.1 Å². The molecule has 10 heteroatoms. The van der Waals surface area contributed by atoms with Gasteiger partial charge in [-0.15, -0.1) is 0 Å². The highest BCUT2D eigenvalue weighted by atomic mass is 19.4. The Balaban J connectivity index is 1.47. The van der Waals surface area contributed by atoms with E-state index in [0.29, 0.717) is 22.9 Å². The molecule has 4 aromatic rings. The first-order valence-electron chi connectivity index (χ1n) is 10.4. The second kappa shape index (κ2) is 9.82. The van der Waals surface area contributed by atoms with Crippen molar-refractivity contribution in [1.29, 1.82) is 0 Å². The number of nitrogens with zero attached hydrogens (tertiary/aromatic N) is 1. The molecule has 4 rings (SSSR count). The van der Waals surface area contributed by atoms with E-state index < -0.39 is 23.5 Å². The van der Waals surface area contributed by atoms with Gasteiger partial charge >= 0.3 is 12.4 Å². The van der Waals surface area contributed by atoms with Crippen LogP contribution in [0.5, 0.6) is 23.0 Å². The quantitative estimate of drug-likeness (QED) is 0.163. The molecule has 36 heavy (non-hydrogen) atoms. The highest BCUT2D eigenvalue weighted by Gasteiger charge is 2.30. The molecule has 0 heterocycles. The second-order valence-electron chi connectivity index (χ2n) is 7.61. The third kappa shape index (κ3) is 6.08. The van der Waals surface area contributed by atoms with Crippen molar-refractivity contribution >= 4 is 11.4 Å². The molecule has 0 saturated heterocycles. The molecule has 0 spiro atoms. The zero-order valence-corrected chi connectivity index (χ0v) is 18.3. The van der Waals surface area contributed by atoms with Crippen molar-refractivity contribution in [1.82, 2.24) is 0 Å². The summed E-state index contributed by atoms with van der Waals surface area (Å²) >= 11 is 0. The van der Waals surface area contributed by atoms with Gasteiger partial charge in [0.2, 0.25) is 0 Å². The van der Waals surface area contributed by atoms with E-state index >= 15 is 0 Å². The van der Waals surface area contributed by atoms with E-state index in [9.17, 15) is 26.3 Å². The van der Waals surface area contributed by atoms with Gasteiger partial charge in [-0.25, -0.2) is 5.84 Å². The van der Waals surface area contributed by atoms with Crippen molar-refractivity contribution in [2.24, 2.45) is 5.84 Å². The molecule has 186 valence electrons. The largest absolute Gasteiger partial charge is 0.457 e. The molecule has 0 unspecified atom stereocenters. The number of hydrazine groups is 1. The Bertz CT molecular complexity index is 1220. The maximum absolute atomic E-state index is 12.7. The number of hydrogen-bond acceptors (Lipinski definition) is 4. The molecule has 0 amide bonds. The Labute approximate surface area is 202 Å². The third-order valence-corrected chi connectivity index (χ3v) is 5.03. The van der Waals surface area contributed by atoms with Crippen LogP contribution in [-0.2, 0) is 12.4 Å². The lowest BCUT2D eigenvalue weighted by Crippen LogP contribution is -2.24. The van der Waals surface area contributed by atoms with E-state index in [1.807, 2.05) is 0 Å². The SMILES string of the molecule is NN(c1cccc(Oc2ccc(C(F)(F)F)cc2)c1)c1cccc(Oc2ccc(C(F)(F)F)cc2)c1. The summed E-state index contributed by atoms with van der Waals surface area (Å²) in [6.45, 7) is 0. The monoisotopic (exact) mass is 504 g/mol. The van der Waals surface area contributed by atoms with Gasteiger partial charge in [-0.3, -0.25) is 5.01 Å². The summed E-state index contributed by atoms with van der Waals surface area (Å²) in [6.07, 6.45) is -8.88. The van der Waals surface area contributed by atoms with Crippen molar-refractivity contribution < 1.29 is 35.8 Å². The zero-order valence-electron chi connectivity index (χ0n) is 18.3. The fourth-order valence-corrected chi connectivity index (χ4v) is 3.24. The minimum atomic E-state index is -4.44. The minimum absolute atomic E-state index is 0.218. The third-order valence-electron chi connectivity index (χ3n) is 5.03. The van der Waals surface area contributed by atoms with Crippen LogP contribution >= 0.6 is 0 Å². The van der Waals surface area contributed by atoms with Crippen molar-refractivity contribution in [2.45, 2.75) is 12.4 Å². The minimum Gasteiger partial charge on any atom is -0.457 e. The Morgan fingerprint density at radius 3 is 1.19 bits per heavy atom. The molecule has 0 saturated carbocycles. The summed E-state index contributed by atoms with van der Waals surface area (Å²) in [5.74, 6) is 7.38. The highest BCUT2D eigenvalue weighted by molar-refractivity contribution is 5.64. The average molecular weight is 504 g/mol. The van der Waals surface area contributed by atoms with Crippen LogP contribution < -0.4 is 20.3 Å². The maximum atomic E-state index is 12.7. The molecule has 0 bridgehead atoms. The molecular formula is C26H18F6N2O2. The normalized spacial score (nSPS) is 11.8. The number of ether oxygens (including phenoxy) is 2. The Kier molecular flexibility index (Phi) is 6.80. The standard InChI is InChI=1S/C26H18F6N2O2/c27-25(28,29)17-7-11-21(12-8-17)35-23-5-1-3-19(15-23)34(33)20-4-2-6-24(16-20)36-22-13-9-18(10-14-22)26(30,31)32/h1-16H,33H2. The van der Waals surface area contributed by atoms with Gasteiger partial charge in [0.25, 0.3) is 0 Å². The van der Waals surface area contributed by atoms with Crippen LogP contribution in [-0.4, -0.2) is 0 Å². The van der Waals surface area contributed by atoms with Crippen molar-refractivity contribution in [3.63, 3.8) is 0 Å². The van der Waals surface area contributed by atoms with Gasteiger partial charge in [-0.2, -0.15) is 26.3 Å². The van der Waals surface area contributed by atoms with Gasteiger partial charge in [-0.05, 0) is 72.8 Å². The molecule has 0 aliphatic rings. The molecule has 0 atom stereocenters. The number of benzene rings is 4. The van der Waals surface area contributed by atoms with E-state index in [1.165, 1.54) is 29.3 Å². The molecular weight excluding hydrogens is 486 g/mol. The van der Waals surface area contributed by atoms with Gasteiger partial charge in [0, 0.05) is 12.1 Å². The fourth-order valence-electron chi connectivity index (χ4n) is 3.24. The summed E-state index contributed by atoms with van der Waals surface area (Å²) in [5, 5.41) is 1.33. The topological polar surface area (TPSA) is 47.7 Å². The predicted molar refractivity (Wildman–Crippen MR) is 122 cm³/mol. The summed E-state index contributed by atoms with van der Waals surface area (Å²) in [6, 6.07) is 21.8. The lowest BCUT2D eigenvalue weighted by molar-refractivity contribution is -0.138. The second-order valence-corrected chi connectivity index (χ2v) is 7.61. The molecule has 0 aliphatic carbocycles. The Morgan fingerprint density at radius 1 is 0.500 bits per heavy atom. The summed E-state index contributed by atoms with van der Waals surface area (Å²) < 4.78 is 87.8. The van der Waals surface area contributed by atoms with E-state index in [2.05, 4.69) is 0 Å². The van der Waals surface area contributed by atoms with E-state index in [-0.39, 0.29) is 11.5 Å². The van der Waals surface area contributed by atoms with Crippen LogP contribution in [0.25, 0.3) is 0 Å². The highest BCUT2D eigenvalue weighted by Crippen LogP contribution is 2.34. The van der Waals surface area contributed by atoms with Gasteiger partial charge < -0.3 is 9.47 Å². The van der Waals surface area contributed by atoms with Crippen molar-refractivity contribution in [3.05, 3.63) is 108 Å². The lowest BCUT2D eigenvalue weighted by atomic mass is 10.2. The number of alkyl halides is 6. The zero-order chi connectivity index (χ0) is 25.9. The Morgan fingerprint density at radius 2 is 0.861 bits per heavy atom. The average Bonchev–Trinajstić information content (AvgIpc) is 2.83. The number of hydrogen-bond donors (Lipinski definition) is 1. The molecule has 4 nitrogen and oxygen atoms in total. The maximum Gasteiger partial charge on any atom is 0.416 e. The van der Waals surface area contributed by atoms with E-state index in [4.69, 9.17) is 15.3 Å². The van der Waals surface area contributed by atoms with Gasteiger partial charge in [0.1, 0.15) is 23.0 Å².